The maximum atomic E-state index is 11.8. The second-order valence-electron chi connectivity index (χ2n) is 5.30. The second kappa shape index (κ2) is 8.35. The smallest absolute Gasteiger partial charge is 0.236 e. The molecule has 1 fully saturated rings. The van der Waals surface area contributed by atoms with Crippen molar-refractivity contribution in [1.29, 1.82) is 0 Å². The highest BCUT2D eigenvalue weighted by Crippen LogP contribution is 2.17. The number of carbonyl (C=O) groups excluding carboxylic acids is 4. The van der Waals surface area contributed by atoms with Gasteiger partial charge in [0.15, 0.2) is 0 Å². The molecule has 0 bridgehead atoms. The minimum atomic E-state index is -0.494. The Bertz CT molecular complexity index is 459. The van der Waals surface area contributed by atoms with Crippen LogP contribution in [0.25, 0.3) is 0 Å². The molecule has 1 saturated heterocycles. The molecule has 0 N–H and O–H groups in total. The number of terminal acetylenes is 1. The van der Waals surface area contributed by atoms with Gasteiger partial charge in [-0.2, -0.15) is 0 Å². The van der Waals surface area contributed by atoms with Crippen molar-refractivity contribution in [3.63, 3.8) is 0 Å². The maximum Gasteiger partial charge on any atom is 0.236 e. The van der Waals surface area contributed by atoms with E-state index in [1.54, 1.807) is 0 Å². The lowest BCUT2D eigenvalue weighted by Crippen LogP contribution is -2.35. The van der Waals surface area contributed by atoms with E-state index in [0.717, 1.165) is 11.3 Å². The molecule has 0 spiro atoms. The zero-order valence-electron chi connectivity index (χ0n) is 12.4. The molecular formula is C16H21NO4. The monoisotopic (exact) mass is 291 g/mol. The zero-order valence-corrected chi connectivity index (χ0v) is 12.4. The molecule has 1 rings (SSSR count). The van der Waals surface area contributed by atoms with Gasteiger partial charge in [-0.25, -0.2) is 4.90 Å². The SMILES string of the molecule is C#CCC(CC)CC(=O)CCCC(=O)N1C(=O)CCC1=O. The third-order valence-corrected chi connectivity index (χ3v) is 3.65. The minimum Gasteiger partial charge on any atom is -0.300 e. The van der Waals surface area contributed by atoms with Crippen molar-refractivity contribution in [1.82, 2.24) is 4.90 Å². The lowest BCUT2D eigenvalue weighted by Gasteiger charge is -2.12. The fourth-order valence-electron chi connectivity index (χ4n) is 2.35. The van der Waals surface area contributed by atoms with Gasteiger partial charge in [-0.05, 0) is 12.3 Å². The number of hydrogen-bond donors (Lipinski definition) is 0. The molecule has 5 heteroatoms. The summed E-state index contributed by atoms with van der Waals surface area (Å²) in [6.07, 6.45) is 8.01. The fraction of sp³-hybridized carbons (Fsp3) is 0.625. The Kier molecular flexibility index (Phi) is 6.80. The highest BCUT2D eigenvalue weighted by molar-refractivity contribution is 6.15. The van der Waals surface area contributed by atoms with Crippen LogP contribution in [0.4, 0.5) is 0 Å². The number of Topliss-reactive ketones (excluding diaryl/α,β-unsaturated/α-hetero) is 1. The fourth-order valence-corrected chi connectivity index (χ4v) is 2.35. The predicted octanol–water partition coefficient (Wildman–Crippen LogP) is 1.84. The average Bonchev–Trinajstić information content (AvgIpc) is 2.77. The van der Waals surface area contributed by atoms with Crippen molar-refractivity contribution in [3.05, 3.63) is 0 Å². The van der Waals surface area contributed by atoms with Crippen LogP contribution in [0.5, 0.6) is 0 Å². The Hall–Kier alpha value is -1.96. The summed E-state index contributed by atoms with van der Waals surface area (Å²) >= 11 is 0. The molecule has 21 heavy (non-hydrogen) atoms. The van der Waals surface area contributed by atoms with Gasteiger partial charge >= 0.3 is 0 Å². The van der Waals surface area contributed by atoms with Crippen LogP contribution in [0, 0.1) is 18.3 Å². The number of imide groups is 3. The summed E-state index contributed by atoms with van der Waals surface area (Å²) in [5.41, 5.74) is 0. The third-order valence-electron chi connectivity index (χ3n) is 3.65. The Labute approximate surface area is 125 Å². The van der Waals surface area contributed by atoms with Gasteiger partial charge in [-0.3, -0.25) is 19.2 Å². The van der Waals surface area contributed by atoms with Crippen LogP contribution in [-0.4, -0.2) is 28.4 Å². The second-order valence-corrected chi connectivity index (χ2v) is 5.30. The normalized spacial score (nSPS) is 15.9. The van der Waals surface area contributed by atoms with Crippen LogP contribution in [0.1, 0.15) is 58.3 Å². The Balaban J connectivity index is 2.31. The summed E-state index contributed by atoms with van der Waals surface area (Å²) in [7, 11) is 0. The first-order chi connectivity index (χ1) is 9.99. The number of rotatable bonds is 8. The third kappa shape index (κ3) is 5.14. The van der Waals surface area contributed by atoms with Gasteiger partial charge < -0.3 is 0 Å². The highest BCUT2D eigenvalue weighted by atomic mass is 16.2. The van der Waals surface area contributed by atoms with Gasteiger partial charge in [0, 0.05) is 38.5 Å². The van der Waals surface area contributed by atoms with E-state index >= 15 is 0 Å². The van der Waals surface area contributed by atoms with Crippen molar-refractivity contribution in [2.24, 2.45) is 5.92 Å². The first-order valence-corrected chi connectivity index (χ1v) is 7.33. The van der Waals surface area contributed by atoms with Crippen molar-refractivity contribution >= 4 is 23.5 Å². The average molecular weight is 291 g/mol. The number of nitrogens with zero attached hydrogens (tertiary/aromatic N) is 1. The van der Waals surface area contributed by atoms with Crippen LogP contribution in [0.2, 0.25) is 0 Å². The maximum absolute atomic E-state index is 11.8. The summed E-state index contributed by atoms with van der Waals surface area (Å²) in [5.74, 6) is 1.46. The predicted molar refractivity (Wildman–Crippen MR) is 76.8 cm³/mol. The summed E-state index contributed by atoms with van der Waals surface area (Å²) in [6.45, 7) is 1.99. The van der Waals surface area contributed by atoms with E-state index in [4.69, 9.17) is 6.42 Å². The molecule has 114 valence electrons. The van der Waals surface area contributed by atoms with Gasteiger partial charge in [0.05, 0.1) is 0 Å². The summed E-state index contributed by atoms with van der Waals surface area (Å²) < 4.78 is 0. The van der Waals surface area contributed by atoms with Crippen LogP contribution >= 0.6 is 0 Å². The molecular weight excluding hydrogens is 270 g/mol. The minimum absolute atomic E-state index is 0.0507. The lowest BCUT2D eigenvalue weighted by atomic mass is 9.94. The van der Waals surface area contributed by atoms with Gasteiger partial charge in [0.1, 0.15) is 5.78 Å². The Morgan fingerprint density at radius 2 is 1.86 bits per heavy atom. The molecule has 0 radical (unpaired) electrons. The molecule has 3 amide bonds. The molecule has 1 heterocycles. The van der Waals surface area contributed by atoms with Gasteiger partial charge in [0.2, 0.25) is 17.7 Å². The number of amides is 3. The van der Waals surface area contributed by atoms with Gasteiger partial charge in [-0.1, -0.05) is 13.3 Å². The van der Waals surface area contributed by atoms with Crippen LogP contribution in [0.3, 0.4) is 0 Å². The number of hydrogen-bond acceptors (Lipinski definition) is 4. The first-order valence-electron chi connectivity index (χ1n) is 7.33. The van der Waals surface area contributed by atoms with E-state index in [0.29, 0.717) is 19.3 Å². The molecule has 1 unspecified atom stereocenters. The van der Waals surface area contributed by atoms with Crippen LogP contribution < -0.4 is 0 Å². The molecule has 1 aliphatic heterocycles. The molecule has 1 atom stereocenters. The molecule has 0 aromatic heterocycles. The van der Waals surface area contributed by atoms with E-state index in [9.17, 15) is 19.2 Å². The number of carbonyl (C=O) groups is 4. The topological polar surface area (TPSA) is 71.5 Å². The summed E-state index contributed by atoms with van der Waals surface area (Å²) in [5, 5.41) is 0. The number of likely N-dealkylation sites (tertiary alicyclic amines) is 1. The Morgan fingerprint density at radius 1 is 1.24 bits per heavy atom. The standard InChI is InChI=1S/C16H21NO4/c1-3-6-12(4-2)11-13(18)7-5-8-14(19)17-15(20)9-10-16(17)21/h1,12H,4-11H2,2H3. The molecule has 0 aliphatic carbocycles. The van der Waals surface area contributed by atoms with Crippen molar-refractivity contribution in [2.75, 3.05) is 0 Å². The summed E-state index contributed by atoms with van der Waals surface area (Å²) in [6, 6.07) is 0. The van der Waals surface area contributed by atoms with Crippen molar-refractivity contribution < 1.29 is 19.2 Å². The lowest BCUT2D eigenvalue weighted by molar-refractivity contribution is -0.149. The summed E-state index contributed by atoms with van der Waals surface area (Å²) in [4.78, 5) is 47.0. The first kappa shape index (κ1) is 17.1. The van der Waals surface area contributed by atoms with E-state index in [1.165, 1.54) is 0 Å². The van der Waals surface area contributed by atoms with E-state index in [1.807, 2.05) is 6.92 Å². The highest BCUT2D eigenvalue weighted by Gasteiger charge is 2.33. The van der Waals surface area contributed by atoms with Crippen LogP contribution in [0.15, 0.2) is 0 Å². The molecule has 5 nitrogen and oxygen atoms in total. The van der Waals surface area contributed by atoms with Crippen molar-refractivity contribution in [3.8, 4) is 12.3 Å². The molecule has 1 aliphatic rings. The Morgan fingerprint density at radius 3 is 2.38 bits per heavy atom. The number of ketones is 1. The van der Waals surface area contributed by atoms with Crippen molar-refractivity contribution in [2.45, 2.75) is 58.3 Å². The quantitative estimate of drug-likeness (QED) is 0.505. The molecule has 0 saturated carbocycles. The van der Waals surface area contributed by atoms with Gasteiger partial charge in [0.25, 0.3) is 0 Å². The molecule has 0 aromatic carbocycles. The van der Waals surface area contributed by atoms with Crippen LogP contribution in [-0.2, 0) is 19.2 Å². The van der Waals surface area contributed by atoms with E-state index in [-0.39, 0.29) is 37.4 Å². The van der Waals surface area contributed by atoms with E-state index < -0.39 is 17.7 Å². The zero-order chi connectivity index (χ0) is 15.8. The van der Waals surface area contributed by atoms with Gasteiger partial charge in [-0.15, -0.1) is 12.3 Å². The molecule has 0 aromatic rings. The van der Waals surface area contributed by atoms with E-state index in [2.05, 4.69) is 5.92 Å². The largest absolute Gasteiger partial charge is 0.300 e.